The minimum atomic E-state index is -4.54. The van der Waals surface area contributed by atoms with Crippen molar-refractivity contribution in [1.29, 1.82) is 0 Å². The van der Waals surface area contributed by atoms with Crippen LogP contribution in [0.5, 0.6) is 0 Å². The molecule has 184 valence electrons. The Labute approximate surface area is 200 Å². The number of aliphatic hydroxyl groups is 1. The lowest BCUT2D eigenvalue weighted by atomic mass is 9.79. The van der Waals surface area contributed by atoms with Crippen LogP contribution in [0.1, 0.15) is 52.0 Å². The van der Waals surface area contributed by atoms with E-state index in [1.807, 2.05) is 6.92 Å². The van der Waals surface area contributed by atoms with E-state index in [4.69, 9.17) is 0 Å². The Balaban J connectivity index is 1.17. The van der Waals surface area contributed by atoms with Gasteiger partial charge in [0.15, 0.2) is 0 Å². The predicted molar refractivity (Wildman–Crippen MR) is 122 cm³/mol. The first kappa shape index (κ1) is 24.7. The molecule has 4 rings (SSSR count). The Kier molecular flexibility index (Phi) is 7.02. The van der Waals surface area contributed by atoms with E-state index in [2.05, 4.69) is 27.0 Å². The minimum absolute atomic E-state index is 0.0290. The van der Waals surface area contributed by atoms with Crippen LogP contribution in [0.4, 0.5) is 13.2 Å². The van der Waals surface area contributed by atoms with E-state index in [0.29, 0.717) is 32.0 Å². The zero-order valence-electron chi connectivity index (χ0n) is 18.8. The van der Waals surface area contributed by atoms with E-state index >= 15 is 0 Å². The van der Waals surface area contributed by atoms with Crippen LogP contribution in [0.3, 0.4) is 0 Å². The second-order valence-corrected chi connectivity index (χ2v) is 10.1. The van der Waals surface area contributed by atoms with Gasteiger partial charge < -0.3 is 15.7 Å². The number of thiophene rings is 1. The largest absolute Gasteiger partial charge is 0.416 e. The van der Waals surface area contributed by atoms with Crippen LogP contribution in [0.25, 0.3) is 0 Å². The molecule has 0 atom stereocenters. The predicted octanol–water partition coefficient (Wildman–Crippen LogP) is 3.44. The molecule has 0 spiro atoms. The molecule has 0 bridgehead atoms. The Morgan fingerprint density at radius 2 is 1.91 bits per heavy atom. The number of amides is 2. The van der Waals surface area contributed by atoms with Crippen molar-refractivity contribution in [2.45, 2.75) is 56.5 Å². The second-order valence-electron chi connectivity index (χ2n) is 9.23. The number of rotatable bonds is 6. The average Bonchev–Trinajstić information content (AvgIpc) is 3.22. The quantitative estimate of drug-likeness (QED) is 0.574. The Bertz CT molecular complexity index is 1040. The Morgan fingerprint density at radius 3 is 2.53 bits per heavy atom. The molecule has 2 fully saturated rings. The molecule has 1 saturated heterocycles. The number of nitrogens with one attached hydrogen (secondary N) is 2. The standard InChI is InChI=1S/C24H28F3N3O3S/c1-15-9-20(34-14-15)23(33)7-5-19(6-8-23)30-12-18(13-30)29-21(31)11-28-22(32)16-3-2-4-17(10-16)24(25,26)27/h2-4,9-10,14,18-19,33H,5-8,11-13H2,1H3,(H,28,32)(H,29,31). The average molecular weight is 496 g/mol. The van der Waals surface area contributed by atoms with Crippen LogP contribution in [0.2, 0.25) is 0 Å². The van der Waals surface area contributed by atoms with Crippen LogP contribution in [0.15, 0.2) is 35.7 Å². The summed E-state index contributed by atoms with van der Waals surface area (Å²) in [6.45, 7) is 3.13. The molecule has 2 amide bonds. The number of aryl methyl sites for hydroxylation is 1. The number of hydrogen-bond acceptors (Lipinski definition) is 5. The fraction of sp³-hybridized carbons (Fsp3) is 0.500. The minimum Gasteiger partial charge on any atom is -0.384 e. The maximum atomic E-state index is 12.8. The van der Waals surface area contributed by atoms with Gasteiger partial charge in [0, 0.05) is 29.6 Å². The third kappa shape index (κ3) is 5.61. The maximum absolute atomic E-state index is 12.8. The molecule has 3 N–H and O–H groups in total. The van der Waals surface area contributed by atoms with E-state index < -0.39 is 23.2 Å². The van der Waals surface area contributed by atoms with Gasteiger partial charge in [0.05, 0.1) is 23.8 Å². The van der Waals surface area contributed by atoms with Crippen molar-refractivity contribution in [3.05, 3.63) is 57.3 Å². The number of alkyl halides is 3. The third-order valence-corrected chi connectivity index (χ3v) is 7.87. The Morgan fingerprint density at radius 1 is 1.21 bits per heavy atom. The van der Waals surface area contributed by atoms with Gasteiger partial charge >= 0.3 is 6.18 Å². The lowest BCUT2D eigenvalue weighted by molar-refractivity contribution is -0.137. The summed E-state index contributed by atoms with van der Waals surface area (Å²) in [5, 5.41) is 18.3. The van der Waals surface area contributed by atoms with Crippen LogP contribution >= 0.6 is 11.3 Å². The van der Waals surface area contributed by atoms with Gasteiger partial charge in [0.25, 0.3) is 5.91 Å². The number of carbonyl (C=O) groups is 2. The summed E-state index contributed by atoms with van der Waals surface area (Å²) < 4.78 is 38.4. The fourth-order valence-electron chi connectivity index (χ4n) is 4.65. The first-order valence-electron chi connectivity index (χ1n) is 11.3. The number of carbonyl (C=O) groups excluding carboxylic acids is 2. The van der Waals surface area contributed by atoms with Crippen LogP contribution in [-0.4, -0.2) is 53.5 Å². The molecule has 1 saturated carbocycles. The highest BCUT2D eigenvalue weighted by molar-refractivity contribution is 7.10. The molecule has 0 unspecified atom stereocenters. The summed E-state index contributed by atoms with van der Waals surface area (Å²) in [6.07, 6.45) is -1.33. The van der Waals surface area contributed by atoms with Crippen molar-refractivity contribution in [3.8, 4) is 0 Å². The molecule has 10 heteroatoms. The highest BCUT2D eigenvalue weighted by Gasteiger charge is 2.41. The van der Waals surface area contributed by atoms with E-state index in [0.717, 1.165) is 35.9 Å². The lowest BCUT2D eigenvalue weighted by Crippen LogP contribution is -2.63. The van der Waals surface area contributed by atoms with Crippen molar-refractivity contribution >= 4 is 23.2 Å². The van der Waals surface area contributed by atoms with Gasteiger partial charge in [-0.3, -0.25) is 14.5 Å². The van der Waals surface area contributed by atoms with Crippen molar-refractivity contribution in [2.75, 3.05) is 19.6 Å². The molecular weight excluding hydrogens is 467 g/mol. The number of nitrogens with zero attached hydrogens (tertiary/aromatic N) is 1. The number of likely N-dealkylation sites (tertiary alicyclic amines) is 1. The first-order chi connectivity index (χ1) is 16.0. The van der Waals surface area contributed by atoms with Gasteiger partial charge in [0.2, 0.25) is 5.91 Å². The van der Waals surface area contributed by atoms with Crippen LogP contribution < -0.4 is 10.6 Å². The lowest BCUT2D eigenvalue weighted by Gasteiger charge is -2.48. The molecule has 1 aromatic carbocycles. The summed E-state index contributed by atoms with van der Waals surface area (Å²) in [6, 6.07) is 6.50. The van der Waals surface area contributed by atoms with Crippen LogP contribution in [-0.2, 0) is 16.6 Å². The van der Waals surface area contributed by atoms with E-state index in [-0.39, 0.29) is 24.1 Å². The number of halogens is 3. The molecule has 1 aliphatic heterocycles. The molecule has 6 nitrogen and oxygen atoms in total. The third-order valence-electron chi connectivity index (χ3n) is 6.62. The van der Waals surface area contributed by atoms with E-state index in [1.54, 1.807) is 11.3 Å². The number of benzene rings is 1. The van der Waals surface area contributed by atoms with Gasteiger partial charge in [-0.05, 0) is 67.8 Å². The summed E-state index contributed by atoms with van der Waals surface area (Å²) in [7, 11) is 0. The molecule has 2 heterocycles. The number of hydrogen-bond donors (Lipinski definition) is 3. The first-order valence-corrected chi connectivity index (χ1v) is 12.2. The van der Waals surface area contributed by atoms with Gasteiger partial charge in [-0.2, -0.15) is 13.2 Å². The second kappa shape index (κ2) is 9.67. The smallest absolute Gasteiger partial charge is 0.384 e. The van der Waals surface area contributed by atoms with Gasteiger partial charge in [-0.25, -0.2) is 0 Å². The zero-order valence-corrected chi connectivity index (χ0v) is 19.6. The molecule has 2 aromatic rings. The Hall–Kier alpha value is -2.43. The molecular formula is C24H28F3N3O3S. The SMILES string of the molecule is Cc1csc(C2(O)CCC(N3CC(NC(=O)CNC(=O)c4cccc(C(F)(F)F)c4)C3)CC2)c1. The maximum Gasteiger partial charge on any atom is 0.416 e. The fourth-order valence-corrected chi connectivity index (χ4v) is 5.71. The zero-order chi connectivity index (χ0) is 24.5. The van der Waals surface area contributed by atoms with Crippen molar-refractivity contribution in [1.82, 2.24) is 15.5 Å². The van der Waals surface area contributed by atoms with E-state index in [1.165, 1.54) is 11.6 Å². The normalized spacial score (nSPS) is 23.9. The van der Waals surface area contributed by atoms with Gasteiger partial charge in [-0.15, -0.1) is 11.3 Å². The topological polar surface area (TPSA) is 81.7 Å². The highest BCUT2D eigenvalue weighted by atomic mass is 32.1. The van der Waals surface area contributed by atoms with Gasteiger partial charge in [0.1, 0.15) is 0 Å². The monoisotopic (exact) mass is 495 g/mol. The highest BCUT2D eigenvalue weighted by Crippen LogP contribution is 2.41. The van der Waals surface area contributed by atoms with Crippen LogP contribution in [0, 0.1) is 6.92 Å². The van der Waals surface area contributed by atoms with E-state index in [9.17, 15) is 27.9 Å². The summed E-state index contributed by atoms with van der Waals surface area (Å²) in [5.41, 5.74) is -0.632. The van der Waals surface area contributed by atoms with Gasteiger partial charge in [-0.1, -0.05) is 6.07 Å². The van der Waals surface area contributed by atoms with Crippen molar-refractivity contribution in [3.63, 3.8) is 0 Å². The van der Waals surface area contributed by atoms with Crippen molar-refractivity contribution in [2.24, 2.45) is 0 Å². The van der Waals surface area contributed by atoms with Crippen molar-refractivity contribution < 1.29 is 27.9 Å². The molecule has 2 aliphatic rings. The summed E-state index contributed by atoms with van der Waals surface area (Å²) >= 11 is 1.61. The molecule has 1 aliphatic carbocycles. The molecule has 0 radical (unpaired) electrons. The summed E-state index contributed by atoms with van der Waals surface area (Å²) in [4.78, 5) is 27.6. The summed E-state index contributed by atoms with van der Waals surface area (Å²) in [5.74, 6) is -1.11. The molecule has 34 heavy (non-hydrogen) atoms. The molecule has 1 aromatic heterocycles.